The molecule has 1 N–H and O–H groups in total. The van der Waals surface area contributed by atoms with E-state index >= 15 is 0 Å². The van der Waals surface area contributed by atoms with Crippen LogP contribution < -0.4 is 5.32 Å². The Morgan fingerprint density at radius 1 is 1.21 bits per heavy atom. The van der Waals surface area contributed by atoms with Crippen LogP contribution in [0.15, 0.2) is 22.7 Å². The van der Waals surface area contributed by atoms with Crippen molar-refractivity contribution in [2.24, 2.45) is 0 Å². The van der Waals surface area contributed by atoms with E-state index in [4.69, 9.17) is 4.42 Å². The molecule has 102 valence electrons. The van der Waals surface area contributed by atoms with Crippen molar-refractivity contribution in [3.05, 3.63) is 41.7 Å². The minimum Gasteiger partial charge on any atom is -0.439 e. The van der Waals surface area contributed by atoms with Crippen LogP contribution in [0.1, 0.15) is 19.2 Å². The van der Waals surface area contributed by atoms with Gasteiger partial charge in [-0.3, -0.25) is 0 Å². The van der Waals surface area contributed by atoms with Crippen LogP contribution in [-0.4, -0.2) is 11.5 Å². The van der Waals surface area contributed by atoms with Gasteiger partial charge in [0.2, 0.25) is 5.89 Å². The second kappa shape index (κ2) is 5.88. The first kappa shape index (κ1) is 13.6. The van der Waals surface area contributed by atoms with Gasteiger partial charge in [-0.1, -0.05) is 6.92 Å². The molecule has 0 unspecified atom stereocenters. The van der Waals surface area contributed by atoms with Crippen molar-refractivity contribution in [2.75, 3.05) is 6.54 Å². The molecular formula is C13H13F3N2O. The maximum Gasteiger partial charge on any atom is 0.208 e. The first-order valence-corrected chi connectivity index (χ1v) is 5.92. The van der Waals surface area contributed by atoms with E-state index < -0.39 is 23.0 Å². The van der Waals surface area contributed by atoms with Gasteiger partial charge >= 0.3 is 0 Å². The number of hydrogen-bond donors (Lipinski definition) is 1. The molecule has 1 aromatic carbocycles. The summed E-state index contributed by atoms with van der Waals surface area (Å²) in [4.78, 5) is 3.91. The van der Waals surface area contributed by atoms with Crippen LogP contribution in [0.3, 0.4) is 0 Å². The molecule has 0 saturated heterocycles. The van der Waals surface area contributed by atoms with Gasteiger partial charge < -0.3 is 9.73 Å². The van der Waals surface area contributed by atoms with Crippen molar-refractivity contribution in [3.63, 3.8) is 0 Å². The highest BCUT2D eigenvalue weighted by Gasteiger charge is 2.17. The molecule has 0 fully saturated rings. The number of rotatable bonds is 5. The molecule has 2 aromatic rings. The Labute approximate surface area is 108 Å². The minimum absolute atomic E-state index is 0.0525. The number of halogens is 3. The number of aromatic nitrogens is 1. The zero-order valence-corrected chi connectivity index (χ0v) is 10.3. The monoisotopic (exact) mass is 270 g/mol. The maximum absolute atomic E-state index is 13.5. The minimum atomic E-state index is -1.01. The summed E-state index contributed by atoms with van der Waals surface area (Å²) in [6.45, 7) is 3.17. The molecule has 0 spiro atoms. The van der Waals surface area contributed by atoms with Crippen molar-refractivity contribution in [1.82, 2.24) is 10.3 Å². The van der Waals surface area contributed by atoms with E-state index in [9.17, 15) is 13.2 Å². The lowest BCUT2D eigenvalue weighted by Crippen LogP contribution is -2.13. The summed E-state index contributed by atoms with van der Waals surface area (Å²) < 4.78 is 45.1. The highest BCUT2D eigenvalue weighted by Crippen LogP contribution is 2.27. The summed E-state index contributed by atoms with van der Waals surface area (Å²) in [5, 5.41) is 3.05. The van der Waals surface area contributed by atoms with Crippen molar-refractivity contribution >= 4 is 0 Å². The van der Waals surface area contributed by atoms with Gasteiger partial charge in [0, 0.05) is 12.1 Å². The van der Waals surface area contributed by atoms with Crippen molar-refractivity contribution in [2.45, 2.75) is 19.9 Å². The van der Waals surface area contributed by atoms with Gasteiger partial charge in [0.25, 0.3) is 0 Å². The van der Waals surface area contributed by atoms with Crippen LogP contribution in [0.2, 0.25) is 0 Å². The number of benzene rings is 1. The van der Waals surface area contributed by atoms with E-state index in [0.717, 1.165) is 13.0 Å². The Bertz CT molecular complexity index is 546. The summed E-state index contributed by atoms with van der Waals surface area (Å²) in [7, 11) is 0. The molecule has 1 heterocycles. The average molecular weight is 270 g/mol. The maximum atomic E-state index is 13.5. The average Bonchev–Trinajstić information content (AvgIpc) is 2.76. The molecule has 1 aromatic heterocycles. The van der Waals surface area contributed by atoms with Gasteiger partial charge in [-0.2, -0.15) is 0 Å². The summed E-state index contributed by atoms with van der Waals surface area (Å²) >= 11 is 0. The summed E-state index contributed by atoms with van der Waals surface area (Å²) in [6, 6.07) is 1.21. The Morgan fingerprint density at radius 3 is 2.53 bits per heavy atom. The van der Waals surface area contributed by atoms with E-state index in [-0.39, 0.29) is 5.76 Å². The molecule has 3 nitrogen and oxygen atoms in total. The fraction of sp³-hybridized carbons (Fsp3) is 0.308. The molecule has 0 aliphatic carbocycles. The molecular weight excluding hydrogens is 257 g/mol. The molecule has 0 aliphatic heterocycles. The van der Waals surface area contributed by atoms with E-state index in [2.05, 4.69) is 10.3 Å². The van der Waals surface area contributed by atoms with Crippen molar-refractivity contribution in [1.29, 1.82) is 0 Å². The molecule has 0 bridgehead atoms. The smallest absolute Gasteiger partial charge is 0.208 e. The number of hydrogen-bond acceptors (Lipinski definition) is 3. The van der Waals surface area contributed by atoms with E-state index in [1.54, 1.807) is 0 Å². The molecule has 0 aliphatic rings. The standard InChI is InChI=1S/C13H13F3N2O/c1-2-3-17-7-12-18-6-11(19-12)13-9(15)4-8(14)5-10(13)16/h4-6,17H,2-3,7H2,1H3. The Morgan fingerprint density at radius 2 is 1.89 bits per heavy atom. The van der Waals surface area contributed by atoms with Gasteiger partial charge in [0.05, 0.1) is 18.3 Å². The summed E-state index contributed by atoms with van der Waals surface area (Å²) in [5.41, 5.74) is -0.407. The normalized spacial score (nSPS) is 10.9. The number of nitrogens with one attached hydrogen (secondary N) is 1. The topological polar surface area (TPSA) is 38.1 Å². The van der Waals surface area contributed by atoms with Gasteiger partial charge in [-0.05, 0) is 13.0 Å². The zero-order chi connectivity index (χ0) is 13.8. The second-order valence-corrected chi connectivity index (χ2v) is 4.04. The van der Waals surface area contributed by atoms with Gasteiger partial charge in [0.15, 0.2) is 5.76 Å². The van der Waals surface area contributed by atoms with Gasteiger partial charge in [-0.15, -0.1) is 0 Å². The lowest BCUT2D eigenvalue weighted by molar-refractivity contribution is 0.470. The van der Waals surface area contributed by atoms with Gasteiger partial charge in [0.1, 0.15) is 17.5 Å². The fourth-order valence-corrected chi connectivity index (χ4v) is 1.66. The van der Waals surface area contributed by atoms with E-state index in [1.165, 1.54) is 6.20 Å². The lowest BCUT2D eigenvalue weighted by Gasteiger charge is -2.01. The van der Waals surface area contributed by atoms with Crippen LogP contribution in [0.4, 0.5) is 13.2 Å². The van der Waals surface area contributed by atoms with Crippen LogP contribution >= 0.6 is 0 Å². The predicted molar refractivity (Wildman–Crippen MR) is 63.8 cm³/mol. The fourth-order valence-electron chi connectivity index (χ4n) is 1.66. The summed E-state index contributed by atoms with van der Waals surface area (Å²) in [6.07, 6.45) is 2.18. The van der Waals surface area contributed by atoms with Crippen LogP contribution in [0, 0.1) is 17.5 Å². The van der Waals surface area contributed by atoms with Crippen LogP contribution in [0.5, 0.6) is 0 Å². The quantitative estimate of drug-likeness (QED) is 0.847. The third-order valence-electron chi connectivity index (χ3n) is 2.51. The Kier molecular flexibility index (Phi) is 4.21. The Balaban J connectivity index is 2.23. The molecule has 0 atom stereocenters. The first-order chi connectivity index (χ1) is 9.11. The molecule has 6 heteroatoms. The molecule has 0 saturated carbocycles. The lowest BCUT2D eigenvalue weighted by atomic mass is 10.1. The van der Waals surface area contributed by atoms with E-state index in [1.807, 2.05) is 6.92 Å². The van der Waals surface area contributed by atoms with Crippen molar-refractivity contribution < 1.29 is 17.6 Å². The Hall–Kier alpha value is -1.82. The van der Waals surface area contributed by atoms with Crippen LogP contribution in [0.25, 0.3) is 11.3 Å². The van der Waals surface area contributed by atoms with Crippen LogP contribution in [-0.2, 0) is 6.54 Å². The third-order valence-corrected chi connectivity index (χ3v) is 2.51. The molecule has 2 rings (SSSR count). The number of nitrogens with zero attached hydrogens (tertiary/aromatic N) is 1. The summed E-state index contributed by atoms with van der Waals surface area (Å²) in [5.74, 6) is -2.72. The molecule has 0 amide bonds. The largest absolute Gasteiger partial charge is 0.439 e. The first-order valence-electron chi connectivity index (χ1n) is 5.92. The highest BCUT2D eigenvalue weighted by molar-refractivity contribution is 5.58. The number of oxazole rings is 1. The van der Waals surface area contributed by atoms with Gasteiger partial charge in [-0.25, -0.2) is 18.2 Å². The molecule has 19 heavy (non-hydrogen) atoms. The molecule has 0 radical (unpaired) electrons. The third kappa shape index (κ3) is 3.14. The van der Waals surface area contributed by atoms with Crippen molar-refractivity contribution in [3.8, 4) is 11.3 Å². The second-order valence-electron chi connectivity index (χ2n) is 4.04. The SMILES string of the molecule is CCCNCc1ncc(-c2c(F)cc(F)cc2F)o1. The zero-order valence-electron chi connectivity index (χ0n) is 10.3. The highest BCUT2D eigenvalue weighted by atomic mass is 19.1. The predicted octanol–water partition coefficient (Wildman–Crippen LogP) is 3.26. The van der Waals surface area contributed by atoms with E-state index in [0.29, 0.717) is 24.6 Å².